The maximum absolute atomic E-state index is 13.2. The van der Waals surface area contributed by atoms with Crippen molar-refractivity contribution in [2.75, 3.05) is 29.3 Å². The number of nitrogens with one attached hydrogen (secondary N) is 2. The van der Waals surface area contributed by atoms with Gasteiger partial charge in [0.05, 0.1) is 46.5 Å². The predicted molar refractivity (Wildman–Crippen MR) is 178 cm³/mol. The van der Waals surface area contributed by atoms with Crippen LogP contribution in [0.25, 0.3) is 0 Å². The number of nitrogen functional groups attached to an aromatic ring is 1. The van der Waals surface area contributed by atoms with Gasteiger partial charge in [-0.1, -0.05) is 37.6 Å². The van der Waals surface area contributed by atoms with E-state index in [-0.39, 0.29) is 10.8 Å². The molecule has 4 N–H and O–H groups in total. The summed E-state index contributed by atoms with van der Waals surface area (Å²) in [4.78, 5) is 13.4. The number of sulfonamides is 1. The number of hydrogen-bond donors (Lipinski definition) is 3. The van der Waals surface area contributed by atoms with Crippen molar-refractivity contribution in [3.05, 3.63) is 84.6 Å². The topological polar surface area (TPSA) is 135 Å². The fourth-order valence-electron chi connectivity index (χ4n) is 4.21. The van der Waals surface area contributed by atoms with Gasteiger partial charge in [0.15, 0.2) is 0 Å². The summed E-state index contributed by atoms with van der Waals surface area (Å²) in [7, 11) is -3.67. The van der Waals surface area contributed by atoms with Crippen molar-refractivity contribution in [3.63, 3.8) is 0 Å². The van der Waals surface area contributed by atoms with E-state index in [9.17, 15) is 13.2 Å². The van der Waals surface area contributed by atoms with Crippen LogP contribution in [0, 0.1) is 0 Å². The van der Waals surface area contributed by atoms with Crippen molar-refractivity contribution >= 4 is 38.7 Å². The Balaban J connectivity index is 0.000000448. The van der Waals surface area contributed by atoms with Crippen molar-refractivity contribution in [2.45, 2.75) is 64.8 Å². The van der Waals surface area contributed by atoms with E-state index in [0.29, 0.717) is 48.0 Å². The molecule has 0 unspecified atom stereocenters. The fraction of sp³-hybridized carbons (Fsp3) is 0.333. The molecule has 0 saturated carbocycles. The second kappa shape index (κ2) is 15.4. The molecule has 0 aromatic heterocycles. The zero-order valence-electron chi connectivity index (χ0n) is 26.3. The molecule has 3 aromatic rings. The minimum absolute atomic E-state index is 0.126. The minimum atomic E-state index is -3.67. The Hall–Kier alpha value is -4.35. The Bertz CT molecular complexity index is 1580. The van der Waals surface area contributed by atoms with Crippen LogP contribution in [0.1, 0.15) is 54.4 Å². The molecule has 1 aliphatic rings. The molecule has 3 aromatic carbocycles. The molecule has 1 amide bonds. The van der Waals surface area contributed by atoms with Gasteiger partial charge < -0.3 is 20.5 Å². The van der Waals surface area contributed by atoms with Gasteiger partial charge >= 0.3 is 0 Å². The van der Waals surface area contributed by atoms with Crippen molar-refractivity contribution in [2.24, 2.45) is 5.10 Å². The number of rotatable bonds is 11. The Morgan fingerprint density at radius 1 is 0.886 bits per heavy atom. The lowest BCUT2D eigenvalue weighted by molar-refractivity contribution is -0.114. The van der Waals surface area contributed by atoms with Crippen LogP contribution in [-0.2, 0) is 14.8 Å². The van der Waals surface area contributed by atoms with Crippen molar-refractivity contribution in [1.29, 1.82) is 0 Å². The first-order valence-corrected chi connectivity index (χ1v) is 16.1. The summed E-state index contributed by atoms with van der Waals surface area (Å²) >= 11 is 0. The number of amides is 1. The molecular formula is C33H43N5O5S. The third kappa shape index (κ3) is 9.32. The molecule has 236 valence electrons. The summed E-state index contributed by atoms with van der Waals surface area (Å²) < 4.78 is 38.6. The average molecular weight is 622 g/mol. The predicted octanol–water partition coefficient (Wildman–Crippen LogP) is 6.33. The van der Waals surface area contributed by atoms with E-state index >= 15 is 0 Å². The molecule has 1 heterocycles. The highest BCUT2D eigenvalue weighted by Gasteiger charge is 2.31. The van der Waals surface area contributed by atoms with Crippen molar-refractivity contribution in [1.82, 2.24) is 4.72 Å². The van der Waals surface area contributed by atoms with Crippen LogP contribution in [0.15, 0.2) is 94.6 Å². The maximum atomic E-state index is 13.2. The van der Waals surface area contributed by atoms with Crippen molar-refractivity contribution in [3.8, 4) is 11.5 Å². The van der Waals surface area contributed by atoms with Crippen LogP contribution in [-0.4, -0.2) is 38.8 Å². The van der Waals surface area contributed by atoms with Crippen LogP contribution >= 0.6 is 0 Å². The zero-order valence-corrected chi connectivity index (χ0v) is 27.1. The fourth-order valence-corrected chi connectivity index (χ4v) is 5.63. The Morgan fingerprint density at radius 3 is 2.07 bits per heavy atom. The summed E-state index contributed by atoms with van der Waals surface area (Å²) in [5.74, 6) is 1.18. The van der Waals surface area contributed by atoms with Crippen LogP contribution in [0.5, 0.6) is 11.5 Å². The van der Waals surface area contributed by atoms with Gasteiger partial charge in [0.1, 0.15) is 11.5 Å². The van der Waals surface area contributed by atoms with Gasteiger partial charge in [0.2, 0.25) is 10.0 Å². The molecule has 0 bridgehead atoms. The highest BCUT2D eigenvalue weighted by molar-refractivity contribution is 7.89. The van der Waals surface area contributed by atoms with Gasteiger partial charge in [-0.25, -0.2) is 13.1 Å². The first kappa shape index (κ1) is 34.1. The second-order valence-corrected chi connectivity index (χ2v) is 12.5. The quantitative estimate of drug-likeness (QED) is 0.168. The molecule has 0 radical (unpaired) electrons. The van der Waals surface area contributed by atoms with E-state index in [1.54, 1.807) is 39.1 Å². The molecule has 0 aliphatic carbocycles. The molecular weight excluding hydrogens is 578 g/mol. The molecule has 0 spiro atoms. The van der Waals surface area contributed by atoms with Gasteiger partial charge in [-0.05, 0) is 89.6 Å². The molecule has 0 saturated heterocycles. The minimum Gasteiger partial charge on any atom is -0.492 e. The number of anilines is 3. The maximum Gasteiger partial charge on any atom is 0.282 e. The van der Waals surface area contributed by atoms with Crippen LogP contribution in [0.4, 0.5) is 17.1 Å². The summed E-state index contributed by atoms with van der Waals surface area (Å²) in [5, 5.41) is 9.01. The SMILES string of the molecule is CCCC1=NN(c2ccc(S(=O)(=O)NC(C)(C)C)cc2)C(=O)/C1=C\Nc1ccccc1OCC.CCOc1ccccc1N. The number of nitrogens with two attached hydrogens (primary N) is 1. The largest absolute Gasteiger partial charge is 0.492 e. The zero-order chi connectivity index (χ0) is 32.3. The number of ether oxygens (including phenoxy) is 2. The van der Waals surface area contributed by atoms with E-state index in [1.807, 2.05) is 69.3 Å². The average Bonchev–Trinajstić information content (AvgIpc) is 3.28. The van der Waals surface area contributed by atoms with Gasteiger partial charge in [0, 0.05) is 11.7 Å². The van der Waals surface area contributed by atoms with Crippen LogP contribution in [0.2, 0.25) is 0 Å². The first-order valence-electron chi connectivity index (χ1n) is 14.6. The molecule has 11 heteroatoms. The summed E-state index contributed by atoms with van der Waals surface area (Å²) in [6.45, 7) is 12.4. The third-order valence-corrected chi connectivity index (χ3v) is 7.82. The number of benzene rings is 3. The number of carbonyl (C=O) groups is 1. The lowest BCUT2D eigenvalue weighted by atomic mass is 10.1. The number of nitrogens with zero attached hydrogens (tertiary/aromatic N) is 2. The molecule has 10 nitrogen and oxygen atoms in total. The van der Waals surface area contributed by atoms with E-state index in [0.717, 1.165) is 17.9 Å². The standard InChI is InChI=1S/C25H32N4O4S.C8H11NO/c1-6-10-21-20(17-26-22-11-8-9-12-23(22)33-7-2)24(30)29(27-21)18-13-15-19(16-14-18)34(31,32)28-25(3,4)5;1-2-10-8-6-4-3-5-7(8)9/h8-9,11-17,26,28H,6-7,10H2,1-5H3;3-6H,2,9H2,1H3/b20-17-;. The Labute approximate surface area is 261 Å². The Kier molecular flexibility index (Phi) is 11.9. The third-order valence-electron chi connectivity index (χ3n) is 6.05. The molecule has 44 heavy (non-hydrogen) atoms. The van der Waals surface area contributed by atoms with Gasteiger partial charge in [-0.3, -0.25) is 4.79 Å². The lowest BCUT2D eigenvalue weighted by Crippen LogP contribution is -2.40. The van der Waals surface area contributed by atoms with Gasteiger partial charge in [-0.2, -0.15) is 10.1 Å². The van der Waals surface area contributed by atoms with Crippen molar-refractivity contribution < 1.29 is 22.7 Å². The Morgan fingerprint density at radius 2 is 1.48 bits per heavy atom. The number of para-hydroxylation sites is 4. The first-order chi connectivity index (χ1) is 20.9. The lowest BCUT2D eigenvalue weighted by Gasteiger charge is -2.20. The van der Waals surface area contributed by atoms with Crippen LogP contribution in [0.3, 0.4) is 0 Å². The van der Waals surface area contributed by atoms with Gasteiger partial charge in [-0.15, -0.1) is 0 Å². The molecule has 0 atom stereocenters. The highest BCUT2D eigenvalue weighted by atomic mass is 32.2. The summed E-state index contributed by atoms with van der Waals surface area (Å²) in [6, 6.07) is 21.1. The number of carbonyl (C=O) groups excluding carboxylic acids is 1. The molecule has 0 fully saturated rings. The summed E-state index contributed by atoms with van der Waals surface area (Å²) in [5.41, 5.74) is 8.04. The number of hydrazone groups is 1. The molecule has 4 rings (SSSR count). The molecule has 1 aliphatic heterocycles. The van der Waals surface area contributed by atoms with E-state index in [2.05, 4.69) is 15.1 Å². The van der Waals surface area contributed by atoms with Gasteiger partial charge in [0.25, 0.3) is 5.91 Å². The van der Waals surface area contributed by atoms with E-state index < -0.39 is 15.6 Å². The van der Waals surface area contributed by atoms with E-state index in [1.165, 1.54) is 17.1 Å². The van der Waals surface area contributed by atoms with E-state index in [4.69, 9.17) is 15.2 Å². The second-order valence-electron chi connectivity index (χ2n) is 10.9. The highest BCUT2D eigenvalue weighted by Crippen LogP contribution is 2.28. The smallest absolute Gasteiger partial charge is 0.282 e. The normalized spacial score (nSPS) is 14.1. The summed E-state index contributed by atoms with van der Waals surface area (Å²) in [6.07, 6.45) is 3.11. The number of hydrogen-bond acceptors (Lipinski definition) is 8. The monoisotopic (exact) mass is 621 g/mol. The van der Waals surface area contributed by atoms with Crippen LogP contribution < -0.4 is 30.3 Å².